The number of hydrogen-bond acceptors (Lipinski definition) is 2. The van der Waals surface area contributed by atoms with E-state index in [9.17, 15) is 0 Å². The van der Waals surface area contributed by atoms with Crippen LogP contribution in [0.3, 0.4) is 0 Å². The molecule has 0 heterocycles. The molecule has 1 N–H and O–H groups in total. The van der Waals surface area contributed by atoms with Crippen LogP contribution in [0.4, 0.5) is 5.69 Å². The maximum Gasteiger partial charge on any atom is 0.0431 e. The van der Waals surface area contributed by atoms with Crippen molar-refractivity contribution in [3.63, 3.8) is 0 Å². The van der Waals surface area contributed by atoms with Gasteiger partial charge in [-0.2, -0.15) is 0 Å². The number of benzene rings is 1. The van der Waals surface area contributed by atoms with Crippen LogP contribution >= 0.6 is 0 Å². The highest BCUT2D eigenvalue weighted by molar-refractivity contribution is 5.53. The van der Waals surface area contributed by atoms with Gasteiger partial charge in [-0.15, -0.1) is 0 Å². The lowest BCUT2D eigenvalue weighted by atomic mass is 10.1. The van der Waals surface area contributed by atoms with Gasteiger partial charge in [-0.1, -0.05) is 17.7 Å². The molecule has 0 radical (unpaired) electrons. The van der Waals surface area contributed by atoms with Crippen molar-refractivity contribution in [2.24, 2.45) is 0 Å². The maximum atomic E-state index is 8.71. The molecule has 0 saturated carbocycles. The average molecular weight is 221 g/mol. The zero-order valence-electron chi connectivity index (χ0n) is 10.7. The summed E-state index contributed by atoms with van der Waals surface area (Å²) < 4.78 is 0. The van der Waals surface area contributed by atoms with E-state index in [2.05, 4.69) is 44.0 Å². The van der Waals surface area contributed by atoms with Gasteiger partial charge in [0.05, 0.1) is 0 Å². The molecule has 1 rings (SSSR count). The van der Waals surface area contributed by atoms with Gasteiger partial charge < -0.3 is 10.0 Å². The zero-order chi connectivity index (χ0) is 12.0. The summed E-state index contributed by atoms with van der Waals surface area (Å²) in [6.07, 6.45) is 3.16. The SMILES string of the molecule is Cc1ccc(N(C)CCCCCO)c(C)c1. The molecule has 0 aliphatic carbocycles. The van der Waals surface area contributed by atoms with E-state index >= 15 is 0 Å². The van der Waals surface area contributed by atoms with Gasteiger partial charge in [0.1, 0.15) is 0 Å². The molecular formula is C14H23NO. The number of aliphatic hydroxyl groups is 1. The molecule has 16 heavy (non-hydrogen) atoms. The summed E-state index contributed by atoms with van der Waals surface area (Å²) in [5.41, 5.74) is 3.97. The van der Waals surface area contributed by atoms with Crippen molar-refractivity contribution in [2.45, 2.75) is 33.1 Å². The normalized spacial score (nSPS) is 10.5. The van der Waals surface area contributed by atoms with Crippen molar-refractivity contribution in [3.8, 4) is 0 Å². The molecule has 90 valence electrons. The van der Waals surface area contributed by atoms with Crippen molar-refractivity contribution in [3.05, 3.63) is 29.3 Å². The number of nitrogens with zero attached hydrogens (tertiary/aromatic N) is 1. The fourth-order valence-electron chi connectivity index (χ4n) is 1.99. The van der Waals surface area contributed by atoms with Gasteiger partial charge >= 0.3 is 0 Å². The van der Waals surface area contributed by atoms with Crippen LogP contribution in [-0.4, -0.2) is 25.3 Å². The van der Waals surface area contributed by atoms with E-state index in [1.807, 2.05) is 0 Å². The Morgan fingerprint density at radius 1 is 1.12 bits per heavy atom. The Hall–Kier alpha value is -1.02. The molecule has 0 atom stereocenters. The molecule has 0 bridgehead atoms. The first-order valence-electron chi connectivity index (χ1n) is 6.04. The summed E-state index contributed by atoms with van der Waals surface area (Å²) >= 11 is 0. The van der Waals surface area contributed by atoms with E-state index in [0.717, 1.165) is 25.8 Å². The number of aryl methyl sites for hydroxylation is 2. The van der Waals surface area contributed by atoms with Crippen molar-refractivity contribution >= 4 is 5.69 Å². The lowest BCUT2D eigenvalue weighted by Gasteiger charge is -2.21. The minimum Gasteiger partial charge on any atom is -0.396 e. The van der Waals surface area contributed by atoms with Crippen LogP contribution in [0.2, 0.25) is 0 Å². The summed E-state index contributed by atoms with van der Waals surface area (Å²) in [4.78, 5) is 2.30. The molecule has 1 aromatic rings. The number of hydrogen-bond donors (Lipinski definition) is 1. The van der Waals surface area contributed by atoms with Gasteiger partial charge in [0.2, 0.25) is 0 Å². The first-order valence-corrected chi connectivity index (χ1v) is 6.04. The molecule has 0 amide bonds. The third-order valence-corrected chi connectivity index (χ3v) is 2.92. The van der Waals surface area contributed by atoms with E-state index in [0.29, 0.717) is 6.61 Å². The minimum atomic E-state index is 0.313. The third kappa shape index (κ3) is 3.86. The van der Waals surface area contributed by atoms with E-state index in [1.54, 1.807) is 0 Å². The van der Waals surface area contributed by atoms with Crippen LogP contribution < -0.4 is 4.90 Å². The average Bonchev–Trinajstić information content (AvgIpc) is 2.24. The molecule has 0 aliphatic rings. The second-order valence-electron chi connectivity index (χ2n) is 4.50. The second-order valence-corrected chi connectivity index (χ2v) is 4.50. The summed E-state index contributed by atoms with van der Waals surface area (Å²) in [6, 6.07) is 6.57. The lowest BCUT2D eigenvalue weighted by Crippen LogP contribution is -2.19. The Morgan fingerprint density at radius 2 is 1.88 bits per heavy atom. The molecule has 0 fully saturated rings. The van der Waals surface area contributed by atoms with Crippen LogP contribution in [0.15, 0.2) is 18.2 Å². The summed E-state index contributed by atoms with van der Waals surface area (Å²) in [5, 5.41) is 8.71. The molecule has 2 heteroatoms. The van der Waals surface area contributed by atoms with E-state index in [1.165, 1.54) is 16.8 Å². The number of aliphatic hydroxyl groups excluding tert-OH is 1. The Bertz CT molecular complexity index is 323. The highest BCUT2D eigenvalue weighted by atomic mass is 16.2. The van der Waals surface area contributed by atoms with Crippen LogP contribution in [0.1, 0.15) is 30.4 Å². The molecule has 0 spiro atoms. The smallest absolute Gasteiger partial charge is 0.0431 e. The summed E-state index contributed by atoms with van der Waals surface area (Å²) in [5.74, 6) is 0. The Kier molecular flexibility index (Phi) is 5.33. The lowest BCUT2D eigenvalue weighted by molar-refractivity contribution is 0.283. The first-order chi connectivity index (χ1) is 7.65. The highest BCUT2D eigenvalue weighted by Crippen LogP contribution is 2.20. The third-order valence-electron chi connectivity index (χ3n) is 2.92. The summed E-state index contributed by atoms with van der Waals surface area (Å²) in [7, 11) is 2.14. The van der Waals surface area contributed by atoms with E-state index in [-0.39, 0.29) is 0 Å². The molecular weight excluding hydrogens is 198 g/mol. The molecule has 1 aromatic carbocycles. The molecule has 0 aromatic heterocycles. The number of unbranched alkanes of at least 4 members (excludes halogenated alkanes) is 2. The molecule has 2 nitrogen and oxygen atoms in total. The Morgan fingerprint density at radius 3 is 2.50 bits per heavy atom. The topological polar surface area (TPSA) is 23.5 Å². The van der Waals surface area contributed by atoms with Gasteiger partial charge in [-0.3, -0.25) is 0 Å². The van der Waals surface area contributed by atoms with E-state index in [4.69, 9.17) is 5.11 Å². The predicted octanol–water partition coefficient (Wildman–Crippen LogP) is 2.90. The van der Waals surface area contributed by atoms with Gasteiger partial charge in [0.25, 0.3) is 0 Å². The van der Waals surface area contributed by atoms with Crippen LogP contribution in [0.5, 0.6) is 0 Å². The van der Waals surface area contributed by atoms with Crippen LogP contribution in [0.25, 0.3) is 0 Å². The molecule has 0 saturated heterocycles. The van der Waals surface area contributed by atoms with Gasteiger partial charge in [0.15, 0.2) is 0 Å². The molecule has 0 aliphatic heterocycles. The van der Waals surface area contributed by atoms with Crippen LogP contribution in [0, 0.1) is 13.8 Å². The summed E-state index contributed by atoms with van der Waals surface area (Å²) in [6.45, 7) is 5.65. The maximum absolute atomic E-state index is 8.71. The van der Waals surface area contributed by atoms with Crippen molar-refractivity contribution in [2.75, 3.05) is 25.1 Å². The van der Waals surface area contributed by atoms with Gasteiger partial charge in [0, 0.05) is 25.9 Å². The number of rotatable bonds is 6. The minimum absolute atomic E-state index is 0.313. The quantitative estimate of drug-likeness (QED) is 0.747. The number of anilines is 1. The monoisotopic (exact) mass is 221 g/mol. The Balaban J connectivity index is 2.49. The van der Waals surface area contributed by atoms with Crippen LogP contribution in [-0.2, 0) is 0 Å². The van der Waals surface area contributed by atoms with Gasteiger partial charge in [-0.25, -0.2) is 0 Å². The van der Waals surface area contributed by atoms with Crippen molar-refractivity contribution in [1.29, 1.82) is 0 Å². The highest BCUT2D eigenvalue weighted by Gasteiger charge is 2.03. The first kappa shape index (κ1) is 13.0. The van der Waals surface area contributed by atoms with Crippen molar-refractivity contribution in [1.82, 2.24) is 0 Å². The fraction of sp³-hybridized carbons (Fsp3) is 0.571. The largest absolute Gasteiger partial charge is 0.396 e. The Labute approximate surface area is 98.9 Å². The van der Waals surface area contributed by atoms with E-state index < -0.39 is 0 Å². The second kappa shape index (κ2) is 6.54. The fourth-order valence-corrected chi connectivity index (χ4v) is 1.99. The standard InChI is InChI=1S/C14H23NO/c1-12-7-8-14(13(2)11-12)15(3)9-5-4-6-10-16/h7-8,11,16H,4-6,9-10H2,1-3H3. The molecule has 0 unspecified atom stereocenters. The zero-order valence-corrected chi connectivity index (χ0v) is 10.7. The van der Waals surface area contributed by atoms with Gasteiger partial charge in [-0.05, 0) is 44.7 Å². The predicted molar refractivity (Wildman–Crippen MR) is 70.1 cm³/mol. The van der Waals surface area contributed by atoms with Crippen molar-refractivity contribution < 1.29 is 5.11 Å².